The van der Waals surface area contributed by atoms with Gasteiger partial charge in [-0.05, 0) is 44.4 Å². The Balaban J connectivity index is 1.73. The highest BCUT2D eigenvalue weighted by atomic mass is 35.5. The van der Waals surface area contributed by atoms with E-state index in [0.717, 1.165) is 55.5 Å². The molecule has 1 fully saturated rings. The molecule has 1 saturated carbocycles. The first-order chi connectivity index (χ1) is 14.8. The average molecular weight is 448 g/mol. The highest BCUT2D eigenvalue weighted by Crippen LogP contribution is 2.28. The van der Waals surface area contributed by atoms with Gasteiger partial charge < -0.3 is 15.5 Å². The maximum Gasteiger partial charge on any atom is 0.252 e. The number of carbonyl (C=O) groups is 1. The lowest BCUT2D eigenvalue weighted by Crippen LogP contribution is -2.42. The van der Waals surface area contributed by atoms with Crippen LogP contribution >= 0.6 is 11.6 Å². The normalized spacial score (nSPS) is 17.2. The topological polar surface area (TPSA) is 87.4 Å². The van der Waals surface area contributed by atoms with E-state index in [4.69, 9.17) is 11.6 Å². The van der Waals surface area contributed by atoms with Crippen LogP contribution in [0.1, 0.15) is 74.3 Å². The number of hydrogen-bond donors (Lipinski definition) is 3. The van der Waals surface area contributed by atoms with Gasteiger partial charge in [0.1, 0.15) is 0 Å². The van der Waals surface area contributed by atoms with E-state index in [1.54, 1.807) is 16.8 Å². The SMILES string of the molecule is CCC[C@H](O)Cn1nc(-c2ccc(Cl)c(C(=O)NCC3(O)CCCCCC3)c2)cc1C. The van der Waals surface area contributed by atoms with Crippen LogP contribution in [0, 0.1) is 6.92 Å². The summed E-state index contributed by atoms with van der Waals surface area (Å²) < 4.78 is 1.80. The van der Waals surface area contributed by atoms with Crippen LogP contribution in [0.2, 0.25) is 5.02 Å². The van der Waals surface area contributed by atoms with Gasteiger partial charge in [0.2, 0.25) is 0 Å². The fourth-order valence-corrected chi connectivity index (χ4v) is 4.43. The van der Waals surface area contributed by atoms with Gasteiger partial charge in [0, 0.05) is 17.8 Å². The Morgan fingerprint density at radius 3 is 2.65 bits per heavy atom. The molecule has 0 saturated heterocycles. The minimum absolute atomic E-state index is 0.232. The molecule has 0 radical (unpaired) electrons. The summed E-state index contributed by atoms with van der Waals surface area (Å²) in [5.74, 6) is -0.293. The molecule has 1 aromatic carbocycles. The number of aryl methyl sites for hydroxylation is 1. The Hall–Kier alpha value is -1.89. The zero-order valence-corrected chi connectivity index (χ0v) is 19.3. The molecule has 3 N–H and O–H groups in total. The number of aliphatic hydroxyl groups excluding tert-OH is 1. The van der Waals surface area contributed by atoms with Crippen LogP contribution < -0.4 is 5.32 Å². The number of halogens is 1. The molecule has 0 spiro atoms. The molecule has 0 bridgehead atoms. The van der Waals surface area contributed by atoms with Gasteiger partial charge in [-0.3, -0.25) is 9.48 Å². The van der Waals surface area contributed by atoms with E-state index in [2.05, 4.69) is 10.4 Å². The second-order valence-corrected chi connectivity index (χ2v) is 9.22. The summed E-state index contributed by atoms with van der Waals surface area (Å²) in [4.78, 5) is 12.8. The molecule has 6 nitrogen and oxygen atoms in total. The van der Waals surface area contributed by atoms with Crippen molar-refractivity contribution in [1.82, 2.24) is 15.1 Å². The van der Waals surface area contributed by atoms with Crippen LogP contribution in [-0.2, 0) is 6.54 Å². The summed E-state index contributed by atoms with van der Waals surface area (Å²) in [5, 5.41) is 28.8. The Bertz CT molecular complexity index is 888. The number of nitrogens with zero attached hydrogens (tertiary/aromatic N) is 2. The van der Waals surface area contributed by atoms with Crippen molar-refractivity contribution >= 4 is 17.5 Å². The fraction of sp³-hybridized carbons (Fsp3) is 0.583. The number of hydrogen-bond acceptors (Lipinski definition) is 4. The van der Waals surface area contributed by atoms with Crippen molar-refractivity contribution in [3.63, 3.8) is 0 Å². The van der Waals surface area contributed by atoms with E-state index in [1.807, 2.05) is 26.0 Å². The molecule has 2 aromatic rings. The van der Waals surface area contributed by atoms with Crippen LogP contribution in [0.25, 0.3) is 11.3 Å². The maximum absolute atomic E-state index is 12.8. The summed E-state index contributed by atoms with van der Waals surface area (Å²) in [6, 6.07) is 7.22. The highest BCUT2D eigenvalue weighted by molar-refractivity contribution is 6.34. The minimum Gasteiger partial charge on any atom is -0.391 e. The van der Waals surface area contributed by atoms with E-state index < -0.39 is 11.7 Å². The first-order valence-electron chi connectivity index (χ1n) is 11.3. The number of rotatable bonds is 8. The lowest BCUT2D eigenvalue weighted by atomic mass is 9.94. The third kappa shape index (κ3) is 6.31. The molecule has 170 valence electrons. The molecule has 1 aliphatic carbocycles. The quantitative estimate of drug-likeness (QED) is 0.520. The number of carbonyl (C=O) groups excluding carboxylic acids is 1. The number of benzene rings is 1. The molecule has 0 unspecified atom stereocenters. The molecule has 1 amide bonds. The second kappa shape index (κ2) is 10.6. The summed E-state index contributed by atoms with van der Waals surface area (Å²) in [6.07, 6.45) is 6.86. The van der Waals surface area contributed by atoms with Crippen molar-refractivity contribution in [2.75, 3.05) is 6.54 Å². The van der Waals surface area contributed by atoms with Crippen LogP contribution in [0.4, 0.5) is 0 Å². The van der Waals surface area contributed by atoms with Crippen LogP contribution in [-0.4, -0.2) is 44.2 Å². The molecular weight excluding hydrogens is 414 g/mol. The zero-order chi connectivity index (χ0) is 22.4. The van der Waals surface area contributed by atoms with Gasteiger partial charge in [-0.15, -0.1) is 0 Å². The number of aromatic nitrogens is 2. The molecule has 1 atom stereocenters. The van der Waals surface area contributed by atoms with Gasteiger partial charge >= 0.3 is 0 Å². The predicted octanol–water partition coefficient (Wildman–Crippen LogP) is 4.49. The van der Waals surface area contributed by atoms with E-state index in [1.165, 1.54) is 0 Å². The van der Waals surface area contributed by atoms with Crippen molar-refractivity contribution in [2.45, 2.75) is 83.5 Å². The average Bonchev–Trinajstić information content (AvgIpc) is 2.95. The number of aliphatic hydroxyl groups is 2. The van der Waals surface area contributed by atoms with Gasteiger partial charge in [-0.1, -0.05) is 56.7 Å². The summed E-state index contributed by atoms with van der Waals surface area (Å²) in [5.41, 5.74) is 1.99. The third-order valence-electron chi connectivity index (χ3n) is 6.11. The smallest absolute Gasteiger partial charge is 0.252 e. The second-order valence-electron chi connectivity index (χ2n) is 8.81. The van der Waals surface area contributed by atoms with Gasteiger partial charge in [0.25, 0.3) is 5.91 Å². The van der Waals surface area contributed by atoms with Crippen molar-refractivity contribution in [2.24, 2.45) is 0 Å². The first kappa shape index (κ1) is 23.8. The van der Waals surface area contributed by atoms with Gasteiger partial charge in [-0.25, -0.2) is 0 Å². The summed E-state index contributed by atoms with van der Waals surface area (Å²) >= 11 is 6.32. The standard InChI is InChI=1S/C24H34ClN3O3/c1-3-8-19(29)15-28-17(2)13-22(27-28)18-9-10-21(25)20(14-18)23(30)26-16-24(31)11-6-4-5-7-12-24/h9-10,13-14,19,29,31H,3-8,11-12,15-16H2,1-2H3,(H,26,30)/t19-/m0/s1. The van der Waals surface area contributed by atoms with Crippen molar-refractivity contribution < 1.29 is 15.0 Å². The van der Waals surface area contributed by atoms with E-state index in [0.29, 0.717) is 30.0 Å². The lowest BCUT2D eigenvalue weighted by Gasteiger charge is -2.26. The van der Waals surface area contributed by atoms with Crippen molar-refractivity contribution in [3.05, 3.63) is 40.5 Å². The molecular formula is C24H34ClN3O3. The Morgan fingerprint density at radius 2 is 1.97 bits per heavy atom. The lowest BCUT2D eigenvalue weighted by molar-refractivity contribution is 0.0246. The van der Waals surface area contributed by atoms with Crippen LogP contribution in [0.3, 0.4) is 0 Å². The van der Waals surface area contributed by atoms with Gasteiger partial charge in [0.15, 0.2) is 0 Å². The zero-order valence-electron chi connectivity index (χ0n) is 18.5. The summed E-state index contributed by atoms with van der Waals surface area (Å²) in [6.45, 7) is 4.67. The largest absolute Gasteiger partial charge is 0.391 e. The number of nitrogens with one attached hydrogen (secondary N) is 1. The van der Waals surface area contributed by atoms with Crippen molar-refractivity contribution in [1.29, 1.82) is 0 Å². The van der Waals surface area contributed by atoms with Crippen LogP contribution in [0.5, 0.6) is 0 Å². The molecule has 1 heterocycles. The Labute approximate surface area is 189 Å². The Kier molecular flexibility index (Phi) is 8.14. The summed E-state index contributed by atoms with van der Waals surface area (Å²) in [7, 11) is 0. The first-order valence-corrected chi connectivity index (χ1v) is 11.7. The van der Waals surface area contributed by atoms with E-state index >= 15 is 0 Å². The van der Waals surface area contributed by atoms with Gasteiger partial charge in [-0.2, -0.15) is 5.10 Å². The molecule has 3 rings (SSSR count). The fourth-order valence-electron chi connectivity index (χ4n) is 4.22. The van der Waals surface area contributed by atoms with E-state index in [-0.39, 0.29) is 12.5 Å². The van der Waals surface area contributed by atoms with Crippen LogP contribution in [0.15, 0.2) is 24.3 Å². The maximum atomic E-state index is 12.8. The minimum atomic E-state index is -0.842. The molecule has 31 heavy (non-hydrogen) atoms. The molecule has 7 heteroatoms. The Morgan fingerprint density at radius 1 is 1.26 bits per heavy atom. The van der Waals surface area contributed by atoms with E-state index in [9.17, 15) is 15.0 Å². The van der Waals surface area contributed by atoms with Crippen molar-refractivity contribution in [3.8, 4) is 11.3 Å². The molecule has 1 aromatic heterocycles. The number of amides is 1. The molecule has 0 aliphatic heterocycles. The predicted molar refractivity (Wildman–Crippen MR) is 123 cm³/mol. The monoisotopic (exact) mass is 447 g/mol. The highest BCUT2D eigenvalue weighted by Gasteiger charge is 2.28. The molecule has 1 aliphatic rings. The van der Waals surface area contributed by atoms with Gasteiger partial charge in [0.05, 0.1) is 34.5 Å². The third-order valence-corrected chi connectivity index (χ3v) is 6.44.